The molecule has 3 aromatic rings. The van der Waals surface area contributed by atoms with Gasteiger partial charge in [-0.05, 0) is 71.7 Å². The number of nitrogens with zero attached hydrogens (tertiary/aromatic N) is 1. The maximum atomic E-state index is 12.7. The van der Waals surface area contributed by atoms with Crippen LogP contribution in [0.4, 0.5) is 5.69 Å². The fourth-order valence-electron chi connectivity index (χ4n) is 3.16. The fraction of sp³-hybridized carbons (Fsp3) is 0.222. The molecule has 0 unspecified atom stereocenters. The van der Waals surface area contributed by atoms with E-state index in [-0.39, 0.29) is 12.5 Å². The first-order valence-corrected chi connectivity index (χ1v) is 13.2. The molecule has 0 radical (unpaired) electrons. The lowest BCUT2D eigenvalue weighted by atomic mass is 10.2. The molecule has 0 saturated heterocycles. The average molecular weight is 633 g/mol. The molecule has 8 nitrogen and oxygen atoms in total. The van der Waals surface area contributed by atoms with E-state index >= 15 is 0 Å². The molecule has 37 heavy (non-hydrogen) atoms. The van der Waals surface area contributed by atoms with Gasteiger partial charge in [-0.1, -0.05) is 41.1 Å². The molecule has 2 N–H and O–H groups in total. The van der Waals surface area contributed by atoms with E-state index in [1.54, 1.807) is 42.5 Å². The first-order valence-electron chi connectivity index (χ1n) is 11.6. The number of hydrogen-bond acceptors (Lipinski definition) is 6. The van der Waals surface area contributed by atoms with E-state index in [9.17, 15) is 9.59 Å². The Morgan fingerprint density at radius 3 is 2.46 bits per heavy atom. The lowest BCUT2D eigenvalue weighted by Crippen LogP contribution is -2.21. The number of rotatable bonds is 12. The van der Waals surface area contributed by atoms with Crippen LogP contribution < -0.4 is 25.0 Å². The molecule has 0 heterocycles. The summed E-state index contributed by atoms with van der Waals surface area (Å²) >= 11 is 6.89. The van der Waals surface area contributed by atoms with Gasteiger partial charge < -0.3 is 19.5 Å². The Balaban J connectivity index is 1.68. The van der Waals surface area contributed by atoms with Crippen LogP contribution in [0.2, 0.25) is 0 Å². The summed E-state index contributed by atoms with van der Waals surface area (Å²) in [5.74, 6) is 0.751. The SMILES string of the molecule is CCCOc1ccc(C(=O)N/N=C/c2cc(Br)cc(Br)c2OCC(=O)Nc2ccccc2)cc1OCC. The Morgan fingerprint density at radius 1 is 0.946 bits per heavy atom. The van der Waals surface area contributed by atoms with Gasteiger partial charge in [-0.2, -0.15) is 5.10 Å². The molecule has 10 heteroatoms. The van der Waals surface area contributed by atoms with Crippen molar-refractivity contribution in [1.82, 2.24) is 5.43 Å². The van der Waals surface area contributed by atoms with E-state index in [1.165, 1.54) is 6.21 Å². The van der Waals surface area contributed by atoms with Gasteiger partial charge in [-0.3, -0.25) is 9.59 Å². The largest absolute Gasteiger partial charge is 0.490 e. The molecule has 2 amide bonds. The summed E-state index contributed by atoms with van der Waals surface area (Å²) in [6.45, 7) is 4.66. The smallest absolute Gasteiger partial charge is 0.271 e. The Morgan fingerprint density at radius 2 is 1.73 bits per heavy atom. The van der Waals surface area contributed by atoms with Crippen molar-refractivity contribution in [3.8, 4) is 17.2 Å². The highest BCUT2D eigenvalue weighted by molar-refractivity contribution is 9.11. The lowest BCUT2D eigenvalue weighted by Gasteiger charge is -2.13. The van der Waals surface area contributed by atoms with Crippen molar-refractivity contribution in [3.63, 3.8) is 0 Å². The highest BCUT2D eigenvalue weighted by atomic mass is 79.9. The average Bonchev–Trinajstić information content (AvgIpc) is 2.88. The summed E-state index contributed by atoms with van der Waals surface area (Å²) in [5.41, 5.74) is 4.10. The number of carbonyl (C=O) groups is 2. The van der Waals surface area contributed by atoms with Crippen molar-refractivity contribution in [3.05, 3.63) is 80.7 Å². The molecule has 0 aliphatic carbocycles. The molecular weight excluding hydrogens is 606 g/mol. The third-order valence-corrected chi connectivity index (χ3v) is 5.83. The van der Waals surface area contributed by atoms with Gasteiger partial charge in [0.15, 0.2) is 18.1 Å². The molecule has 0 bridgehead atoms. The van der Waals surface area contributed by atoms with Crippen LogP contribution in [-0.4, -0.2) is 37.8 Å². The Hall–Kier alpha value is -3.37. The molecular formula is C27H27Br2N3O5. The van der Waals surface area contributed by atoms with Crippen molar-refractivity contribution in [2.45, 2.75) is 20.3 Å². The second-order valence-electron chi connectivity index (χ2n) is 7.65. The maximum absolute atomic E-state index is 12.7. The van der Waals surface area contributed by atoms with Gasteiger partial charge in [0.25, 0.3) is 11.8 Å². The second kappa shape index (κ2) is 14.4. The van der Waals surface area contributed by atoms with Crippen molar-refractivity contribution in [2.24, 2.45) is 5.10 Å². The summed E-state index contributed by atoms with van der Waals surface area (Å²) in [6, 6.07) is 17.6. The van der Waals surface area contributed by atoms with E-state index in [1.807, 2.05) is 32.0 Å². The number of carbonyl (C=O) groups excluding carboxylic acids is 2. The highest BCUT2D eigenvalue weighted by Crippen LogP contribution is 2.32. The standard InChI is InChI=1S/C27H27Br2N3O5/c1-3-12-36-23-11-10-18(14-24(23)35-4-2)27(34)32-30-16-19-13-20(28)15-22(29)26(19)37-17-25(33)31-21-8-6-5-7-9-21/h5-11,13-16H,3-4,12,17H2,1-2H3,(H,31,33)(H,32,34)/b30-16+. The molecule has 0 atom stereocenters. The van der Waals surface area contributed by atoms with Gasteiger partial charge >= 0.3 is 0 Å². The minimum absolute atomic E-state index is 0.213. The minimum atomic E-state index is -0.419. The molecule has 3 rings (SSSR count). The zero-order valence-corrected chi connectivity index (χ0v) is 23.6. The number of benzene rings is 3. The molecule has 3 aromatic carbocycles. The van der Waals surface area contributed by atoms with Crippen molar-refractivity contribution in [1.29, 1.82) is 0 Å². The summed E-state index contributed by atoms with van der Waals surface area (Å²) in [5, 5.41) is 6.85. The van der Waals surface area contributed by atoms with Crippen LogP contribution >= 0.6 is 31.9 Å². The fourth-order valence-corrected chi connectivity index (χ4v) is 4.53. The van der Waals surface area contributed by atoms with Crippen LogP contribution in [0.3, 0.4) is 0 Å². The van der Waals surface area contributed by atoms with Gasteiger partial charge in [0.2, 0.25) is 0 Å². The first-order chi connectivity index (χ1) is 17.9. The molecule has 0 fully saturated rings. The van der Waals surface area contributed by atoms with E-state index in [0.717, 1.165) is 10.9 Å². The summed E-state index contributed by atoms with van der Waals surface area (Å²) in [4.78, 5) is 25.0. The molecule has 0 aromatic heterocycles. The van der Waals surface area contributed by atoms with E-state index < -0.39 is 5.91 Å². The summed E-state index contributed by atoms with van der Waals surface area (Å²) in [6.07, 6.45) is 2.30. The highest BCUT2D eigenvalue weighted by Gasteiger charge is 2.14. The predicted octanol–water partition coefficient (Wildman–Crippen LogP) is 6.18. The number of halogens is 2. The number of nitrogens with one attached hydrogen (secondary N) is 2. The van der Waals surface area contributed by atoms with Crippen LogP contribution in [0.1, 0.15) is 36.2 Å². The van der Waals surface area contributed by atoms with Crippen LogP contribution in [0.5, 0.6) is 17.2 Å². The zero-order chi connectivity index (χ0) is 26.6. The number of hydrogen-bond donors (Lipinski definition) is 2. The predicted molar refractivity (Wildman–Crippen MR) is 151 cm³/mol. The minimum Gasteiger partial charge on any atom is -0.490 e. The van der Waals surface area contributed by atoms with Gasteiger partial charge in [0.1, 0.15) is 5.75 Å². The van der Waals surface area contributed by atoms with Gasteiger partial charge in [-0.15, -0.1) is 0 Å². The zero-order valence-electron chi connectivity index (χ0n) is 20.4. The normalized spacial score (nSPS) is 10.7. The number of amides is 2. The Labute approximate surface area is 232 Å². The number of para-hydroxylation sites is 1. The van der Waals surface area contributed by atoms with Crippen LogP contribution in [0.15, 0.2) is 74.7 Å². The van der Waals surface area contributed by atoms with Crippen LogP contribution in [0.25, 0.3) is 0 Å². The lowest BCUT2D eigenvalue weighted by molar-refractivity contribution is -0.118. The van der Waals surface area contributed by atoms with E-state index in [4.69, 9.17) is 14.2 Å². The van der Waals surface area contributed by atoms with Crippen molar-refractivity contribution >= 4 is 55.6 Å². The summed E-state index contributed by atoms with van der Waals surface area (Å²) < 4.78 is 18.5. The second-order valence-corrected chi connectivity index (χ2v) is 9.42. The topological polar surface area (TPSA) is 98.3 Å². The Bertz CT molecular complexity index is 1250. The van der Waals surface area contributed by atoms with Gasteiger partial charge in [0, 0.05) is 21.3 Å². The third-order valence-electron chi connectivity index (χ3n) is 4.78. The number of hydrazone groups is 1. The van der Waals surface area contributed by atoms with Gasteiger partial charge in [-0.25, -0.2) is 5.43 Å². The molecule has 0 aliphatic rings. The van der Waals surface area contributed by atoms with E-state index in [0.29, 0.717) is 51.7 Å². The number of ether oxygens (including phenoxy) is 3. The molecule has 0 spiro atoms. The third kappa shape index (κ3) is 8.61. The number of anilines is 1. The van der Waals surface area contributed by atoms with Crippen LogP contribution in [0, 0.1) is 0 Å². The van der Waals surface area contributed by atoms with Gasteiger partial charge in [0.05, 0.1) is 23.9 Å². The van der Waals surface area contributed by atoms with E-state index in [2.05, 4.69) is 47.7 Å². The molecule has 0 aliphatic heterocycles. The quantitative estimate of drug-likeness (QED) is 0.184. The van der Waals surface area contributed by atoms with Crippen molar-refractivity contribution < 1.29 is 23.8 Å². The maximum Gasteiger partial charge on any atom is 0.271 e. The first kappa shape index (κ1) is 28.2. The van der Waals surface area contributed by atoms with Crippen molar-refractivity contribution in [2.75, 3.05) is 25.1 Å². The Kier molecular flexibility index (Phi) is 11.0. The molecule has 0 saturated carbocycles. The summed E-state index contributed by atoms with van der Waals surface area (Å²) in [7, 11) is 0. The molecule has 194 valence electrons. The van der Waals surface area contributed by atoms with Crippen LogP contribution in [-0.2, 0) is 4.79 Å². The monoisotopic (exact) mass is 631 g/mol.